The second-order valence-electron chi connectivity index (χ2n) is 7.45. The molecule has 29 heavy (non-hydrogen) atoms. The number of allylic oxidation sites excluding steroid dienone is 2. The molecule has 1 fully saturated rings. The Morgan fingerprint density at radius 3 is 3.03 bits per heavy atom. The molecule has 7 nitrogen and oxygen atoms in total. The van der Waals surface area contributed by atoms with E-state index in [1.165, 1.54) is 0 Å². The lowest BCUT2D eigenvalue weighted by molar-refractivity contribution is -0.128. The number of aromatic nitrogens is 2. The fourth-order valence-electron chi connectivity index (χ4n) is 4.24. The average Bonchev–Trinajstić information content (AvgIpc) is 3.52. The summed E-state index contributed by atoms with van der Waals surface area (Å²) in [7, 11) is 1.66. The number of hydrogen-bond donors (Lipinski definition) is 3. The van der Waals surface area contributed by atoms with Gasteiger partial charge in [0, 0.05) is 24.0 Å². The normalized spacial score (nSPS) is 22.8. The summed E-state index contributed by atoms with van der Waals surface area (Å²) < 4.78 is 5.36. The summed E-state index contributed by atoms with van der Waals surface area (Å²) in [6.45, 7) is 0.759. The quantitative estimate of drug-likeness (QED) is 0.748. The molecule has 7 heteroatoms. The van der Waals surface area contributed by atoms with Crippen molar-refractivity contribution in [2.45, 2.75) is 25.0 Å². The zero-order valence-electron chi connectivity index (χ0n) is 16.2. The van der Waals surface area contributed by atoms with Gasteiger partial charge in [-0.3, -0.25) is 9.89 Å². The molecule has 0 bridgehead atoms. The van der Waals surface area contributed by atoms with Gasteiger partial charge in [-0.25, -0.2) is 0 Å². The maximum absolute atomic E-state index is 13.3. The Morgan fingerprint density at radius 1 is 1.28 bits per heavy atom. The highest BCUT2D eigenvalue weighted by Crippen LogP contribution is 2.35. The van der Waals surface area contributed by atoms with Gasteiger partial charge >= 0.3 is 0 Å². The van der Waals surface area contributed by atoms with Crippen LogP contribution in [0.25, 0.3) is 5.70 Å². The molecule has 2 aromatic rings. The van der Waals surface area contributed by atoms with Crippen molar-refractivity contribution < 1.29 is 9.53 Å². The largest absolute Gasteiger partial charge is 0.497 e. The third-order valence-electron chi connectivity index (χ3n) is 5.72. The number of carbonyl (C=O) groups is 1. The van der Waals surface area contributed by atoms with Gasteiger partial charge in [-0.05, 0) is 48.3 Å². The molecule has 1 unspecified atom stereocenters. The van der Waals surface area contributed by atoms with E-state index in [0.29, 0.717) is 5.70 Å². The number of H-pyrrole nitrogens is 1. The first-order valence-electron chi connectivity index (χ1n) is 9.83. The first-order chi connectivity index (χ1) is 14.2. The Labute approximate surface area is 169 Å². The van der Waals surface area contributed by atoms with Crippen LogP contribution in [0.4, 0.5) is 0 Å². The molecule has 4 heterocycles. The number of aromatic amines is 1. The molecule has 1 amide bonds. The van der Waals surface area contributed by atoms with Crippen molar-refractivity contribution >= 4 is 11.6 Å². The van der Waals surface area contributed by atoms with Gasteiger partial charge in [-0.15, -0.1) is 0 Å². The molecule has 2 atom stereocenters. The van der Waals surface area contributed by atoms with Crippen LogP contribution in [0, 0.1) is 0 Å². The minimum absolute atomic E-state index is 0.0391. The zero-order chi connectivity index (χ0) is 19.8. The molecular formula is C22H23N5O2. The van der Waals surface area contributed by atoms with E-state index in [2.05, 4.69) is 26.9 Å². The summed E-state index contributed by atoms with van der Waals surface area (Å²) in [5.41, 5.74) is 4.76. The SMILES string of the molecule is COc1cccc([C@H]2CCCN2C(=O)C2=CC3=CC=C(c4cn[nH]c4)NC3N2)c1. The van der Waals surface area contributed by atoms with Crippen LogP contribution in [0.3, 0.4) is 0 Å². The number of rotatable bonds is 4. The molecule has 0 radical (unpaired) electrons. The predicted molar refractivity (Wildman–Crippen MR) is 109 cm³/mol. The number of likely N-dealkylation sites (tertiary alicyclic amines) is 1. The van der Waals surface area contributed by atoms with Crippen molar-refractivity contribution in [3.8, 4) is 5.75 Å². The number of hydrogen-bond acceptors (Lipinski definition) is 5. The highest BCUT2D eigenvalue weighted by molar-refractivity contribution is 5.95. The van der Waals surface area contributed by atoms with E-state index in [0.717, 1.165) is 47.5 Å². The van der Waals surface area contributed by atoms with Gasteiger partial charge < -0.3 is 20.3 Å². The second kappa shape index (κ2) is 7.16. The molecule has 0 spiro atoms. The summed E-state index contributed by atoms with van der Waals surface area (Å²) in [6.07, 6.45) is 11.5. The van der Waals surface area contributed by atoms with Crippen molar-refractivity contribution in [1.82, 2.24) is 25.7 Å². The standard InChI is InChI=1S/C22H23N5O2/c1-29-17-5-2-4-14(10-17)20-6-3-9-27(20)22(28)19-11-15-7-8-18(25-21(15)26-19)16-12-23-24-13-16/h2,4-5,7-8,10-13,20-21,25-26H,3,6,9H2,1H3,(H,23,24)/t20-,21?/m1/s1. The number of benzene rings is 1. The van der Waals surface area contributed by atoms with Gasteiger partial charge in [0.1, 0.15) is 17.6 Å². The second-order valence-corrected chi connectivity index (χ2v) is 7.45. The van der Waals surface area contributed by atoms with Gasteiger partial charge in [0.2, 0.25) is 0 Å². The summed E-state index contributed by atoms with van der Waals surface area (Å²) in [5.74, 6) is 0.857. The fourth-order valence-corrected chi connectivity index (χ4v) is 4.24. The Hall–Kier alpha value is -3.48. The molecule has 0 saturated carbocycles. The van der Waals surface area contributed by atoms with E-state index in [1.54, 1.807) is 13.3 Å². The zero-order valence-corrected chi connectivity index (χ0v) is 16.2. The summed E-state index contributed by atoms with van der Waals surface area (Å²) in [4.78, 5) is 15.3. The Kier molecular flexibility index (Phi) is 4.35. The fraction of sp³-hybridized carbons (Fsp3) is 0.273. The summed E-state index contributed by atoms with van der Waals surface area (Å²) >= 11 is 0. The van der Waals surface area contributed by atoms with Gasteiger partial charge in [-0.1, -0.05) is 18.2 Å². The van der Waals surface area contributed by atoms with Gasteiger partial charge in [0.15, 0.2) is 0 Å². The lowest BCUT2D eigenvalue weighted by atomic mass is 10.0. The maximum atomic E-state index is 13.3. The minimum Gasteiger partial charge on any atom is -0.497 e. The van der Waals surface area contributed by atoms with Crippen molar-refractivity contribution in [3.63, 3.8) is 0 Å². The third kappa shape index (κ3) is 3.18. The van der Waals surface area contributed by atoms with Crippen LogP contribution in [0.15, 0.2) is 66.2 Å². The van der Waals surface area contributed by atoms with Crippen molar-refractivity contribution in [2.75, 3.05) is 13.7 Å². The summed E-state index contributed by atoms with van der Waals surface area (Å²) in [5, 5.41) is 13.6. The Bertz CT molecular complexity index is 1020. The van der Waals surface area contributed by atoms with E-state index >= 15 is 0 Å². The Balaban J connectivity index is 1.35. The molecule has 1 aromatic carbocycles. The minimum atomic E-state index is -0.110. The molecule has 5 rings (SSSR count). The third-order valence-corrected chi connectivity index (χ3v) is 5.72. The van der Waals surface area contributed by atoms with Gasteiger partial charge in [-0.2, -0.15) is 5.10 Å². The molecule has 3 N–H and O–H groups in total. The number of ether oxygens (including phenoxy) is 1. The molecule has 3 aliphatic rings. The smallest absolute Gasteiger partial charge is 0.270 e. The van der Waals surface area contributed by atoms with Crippen molar-refractivity contribution in [1.29, 1.82) is 0 Å². The van der Waals surface area contributed by atoms with Crippen LogP contribution in [0.1, 0.15) is 30.0 Å². The lowest BCUT2D eigenvalue weighted by Gasteiger charge is -2.27. The van der Waals surface area contributed by atoms with Crippen LogP contribution in [0.2, 0.25) is 0 Å². The van der Waals surface area contributed by atoms with Crippen LogP contribution >= 0.6 is 0 Å². The van der Waals surface area contributed by atoms with Crippen LogP contribution in [-0.4, -0.2) is 40.8 Å². The first-order valence-corrected chi connectivity index (χ1v) is 9.83. The van der Waals surface area contributed by atoms with Crippen LogP contribution in [0.5, 0.6) is 5.75 Å². The van der Waals surface area contributed by atoms with E-state index in [1.807, 2.05) is 47.5 Å². The lowest BCUT2D eigenvalue weighted by Crippen LogP contribution is -2.43. The number of dihydropyridines is 1. The van der Waals surface area contributed by atoms with Crippen LogP contribution < -0.4 is 15.4 Å². The molecule has 148 valence electrons. The highest BCUT2D eigenvalue weighted by atomic mass is 16.5. The van der Waals surface area contributed by atoms with Gasteiger partial charge in [0.25, 0.3) is 5.91 Å². The molecule has 1 saturated heterocycles. The Morgan fingerprint density at radius 2 is 2.21 bits per heavy atom. The highest BCUT2D eigenvalue weighted by Gasteiger charge is 2.35. The van der Waals surface area contributed by atoms with E-state index < -0.39 is 0 Å². The molecule has 0 aliphatic carbocycles. The average molecular weight is 389 g/mol. The number of fused-ring (bicyclic) bond motifs is 1. The first kappa shape index (κ1) is 17.6. The maximum Gasteiger partial charge on any atom is 0.270 e. The van der Waals surface area contributed by atoms with E-state index in [-0.39, 0.29) is 18.1 Å². The number of methoxy groups -OCH3 is 1. The van der Waals surface area contributed by atoms with E-state index in [4.69, 9.17) is 4.74 Å². The molecular weight excluding hydrogens is 366 g/mol. The topological polar surface area (TPSA) is 82.3 Å². The summed E-state index contributed by atoms with van der Waals surface area (Å²) in [6, 6.07) is 8.08. The number of amides is 1. The van der Waals surface area contributed by atoms with Crippen LogP contribution in [-0.2, 0) is 4.79 Å². The number of nitrogens with one attached hydrogen (secondary N) is 3. The van der Waals surface area contributed by atoms with Crippen molar-refractivity contribution in [2.24, 2.45) is 0 Å². The van der Waals surface area contributed by atoms with Gasteiger partial charge in [0.05, 0.1) is 19.3 Å². The number of carbonyl (C=O) groups excluding carboxylic acids is 1. The molecule has 3 aliphatic heterocycles. The number of nitrogens with zero attached hydrogens (tertiary/aromatic N) is 2. The monoisotopic (exact) mass is 389 g/mol. The van der Waals surface area contributed by atoms with E-state index in [9.17, 15) is 4.79 Å². The predicted octanol–water partition coefficient (Wildman–Crippen LogP) is 2.47. The molecule has 1 aromatic heterocycles. The van der Waals surface area contributed by atoms with Crippen molar-refractivity contribution in [3.05, 3.63) is 77.3 Å².